The summed E-state index contributed by atoms with van der Waals surface area (Å²) in [5.74, 6) is -1.09. The monoisotopic (exact) mass is 562 g/mol. The van der Waals surface area contributed by atoms with Crippen molar-refractivity contribution in [3.8, 4) is 0 Å². The van der Waals surface area contributed by atoms with Gasteiger partial charge in [-0.3, -0.25) is 23.6 Å². The van der Waals surface area contributed by atoms with E-state index in [1.165, 1.54) is 47.5 Å². The minimum absolute atomic E-state index is 0.0215. The van der Waals surface area contributed by atoms with Crippen LogP contribution in [0.25, 0.3) is 0 Å². The number of rotatable bonds is 8. The Kier molecular flexibility index (Phi) is 7.59. The smallest absolute Gasteiger partial charge is 0.265 e. The van der Waals surface area contributed by atoms with Crippen molar-refractivity contribution in [3.05, 3.63) is 83.9 Å². The zero-order valence-corrected chi connectivity index (χ0v) is 23.0. The summed E-state index contributed by atoms with van der Waals surface area (Å²) in [6.45, 7) is 1.97. The molecule has 0 unspecified atom stereocenters. The predicted octanol–water partition coefficient (Wildman–Crippen LogP) is 2.49. The Hall–Kier alpha value is -4.22. The molecule has 0 saturated carbocycles. The van der Waals surface area contributed by atoms with E-state index in [1.54, 1.807) is 36.4 Å². The van der Waals surface area contributed by atoms with Gasteiger partial charge in [0.05, 0.1) is 17.2 Å². The third-order valence-corrected chi connectivity index (χ3v) is 8.90. The topological polar surface area (TPSA) is 125 Å². The molecule has 3 amide bonds. The number of para-hydroxylation sites is 2. The van der Waals surface area contributed by atoms with Gasteiger partial charge < -0.3 is 15.4 Å². The first kappa shape index (κ1) is 27.4. The van der Waals surface area contributed by atoms with Crippen molar-refractivity contribution in [2.75, 3.05) is 34.8 Å². The maximum Gasteiger partial charge on any atom is 0.265 e. The molecule has 2 heterocycles. The fourth-order valence-corrected chi connectivity index (χ4v) is 6.94. The quantitative estimate of drug-likeness (QED) is 0.407. The highest BCUT2D eigenvalue weighted by atomic mass is 32.2. The van der Waals surface area contributed by atoms with E-state index < -0.39 is 28.0 Å². The lowest BCUT2D eigenvalue weighted by atomic mass is 10.1. The summed E-state index contributed by atoms with van der Waals surface area (Å²) in [5, 5.41) is 5.44. The average molecular weight is 563 g/mol. The zero-order chi connectivity index (χ0) is 28.4. The van der Waals surface area contributed by atoms with Gasteiger partial charge in [-0.25, -0.2) is 8.42 Å². The maximum atomic E-state index is 14.4. The standard InChI is InChI=1S/C29H30N4O6S/c1-19(34)31-22-11-13-23(14-12-22)40(37,38)33-25-10-6-4-8-21(25)18-27(33)29(36)32-24-9-5-3-7-20(24)17-26(32)28(35)30-15-16-39-2/h3-14,26-27H,15-18H2,1-2H3,(H,30,35)(H,31,34)/t26-,27-/m1/s1. The summed E-state index contributed by atoms with van der Waals surface area (Å²) in [5.41, 5.74) is 3.01. The highest BCUT2D eigenvalue weighted by molar-refractivity contribution is 7.93. The molecule has 2 aliphatic rings. The van der Waals surface area contributed by atoms with E-state index in [9.17, 15) is 22.8 Å². The van der Waals surface area contributed by atoms with E-state index in [4.69, 9.17) is 4.74 Å². The fraction of sp³-hybridized carbons (Fsp3) is 0.276. The van der Waals surface area contributed by atoms with Crippen LogP contribution >= 0.6 is 0 Å². The number of anilines is 3. The van der Waals surface area contributed by atoms with Crippen molar-refractivity contribution >= 4 is 44.8 Å². The molecule has 10 nitrogen and oxygen atoms in total. The van der Waals surface area contributed by atoms with Crippen LogP contribution in [0.3, 0.4) is 0 Å². The number of nitrogens with zero attached hydrogens (tertiary/aromatic N) is 2. The Morgan fingerprint density at radius 3 is 2.12 bits per heavy atom. The second kappa shape index (κ2) is 11.1. The molecule has 208 valence electrons. The van der Waals surface area contributed by atoms with E-state index in [2.05, 4.69) is 10.6 Å². The number of hydrogen-bond donors (Lipinski definition) is 2. The second-order valence-electron chi connectivity index (χ2n) is 9.70. The Balaban J connectivity index is 1.53. The van der Waals surface area contributed by atoms with E-state index in [-0.39, 0.29) is 29.7 Å². The summed E-state index contributed by atoms with van der Waals surface area (Å²) in [6, 6.07) is 18.2. The van der Waals surface area contributed by atoms with Gasteiger partial charge in [-0.2, -0.15) is 0 Å². The first-order valence-corrected chi connectivity index (χ1v) is 14.3. The first-order chi connectivity index (χ1) is 19.2. The van der Waals surface area contributed by atoms with Gasteiger partial charge in [-0.15, -0.1) is 0 Å². The lowest BCUT2D eigenvalue weighted by Crippen LogP contribution is -2.55. The Morgan fingerprint density at radius 1 is 0.875 bits per heavy atom. The summed E-state index contributed by atoms with van der Waals surface area (Å²) in [6.07, 6.45) is 0.479. The summed E-state index contributed by atoms with van der Waals surface area (Å²) < 4.78 is 34.3. The zero-order valence-electron chi connectivity index (χ0n) is 22.2. The van der Waals surface area contributed by atoms with Gasteiger partial charge in [-0.05, 0) is 47.5 Å². The Bertz CT molecular complexity index is 1560. The van der Waals surface area contributed by atoms with E-state index >= 15 is 0 Å². The van der Waals surface area contributed by atoms with E-state index in [1.807, 2.05) is 12.1 Å². The SMILES string of the molecule is COCCNC(=O)[C@H]1Cc2ccccc2N1C(=O)[C@H]1Cc2ccccc2N1S(=O)(=O)c1ccc(NC(C)=O)cc1. The minimum Gasteiger partial charge on any atom is -0.383 e. The molecule has 0 spiro atoms. The number of benzene rings is 3. The van der Waals surface area contributed by atoms with Gasteiger partial charge in [0.2, 0.25) is 11.8 Å². The number of amides is 3. The van der Waals surface area contributed by atoms with Crippen molar-refractivity contribution in [2.45, 2.75) is 36.7 Å². The van der Waals surface area contributed by atoms with E-state index in [0.29, 0.717) is 35.7 Å². The highest BCUT2D eigenvalue weighted by Crippen LogP contribution is 2.40. The van der Waals surface area contributed by atoms with Crippen LogP contribution in [0.15, 0.2) is 77.7 Å². The van der Waals surface area contributed by atoms with Crippen molar-refractivity contribution in [3.63, 3.8) is 0 Å². The molecule has 40 heavy (non-hydrogen) atoms. The van der Waals surface area contributed by atoms with Crippen LogP contribution in [0.4, 0.5) is 17.1 Å². The summed E-state index contributed by atoms with van der Waals surface area (Å²) in [4.78, 5) is 40.4. The lowest BCUT2D eigenvalue weighted by molar-refractivity contribution is -0.126. The van der Waals surface area contributed by atoms with Crippen LogP contribution < -0.4 is 19.8 Å². The number of carbonyl (C=O) groups excluding carboxylic acids is 3. The number of sulfonamides is 1. The molecule has 2 atom stereocenters. The number of fused-ring (bicyclic) bond motifs is 2. The van der Waals surface area contributed by atoms with Crippen molar-refractivity contribution in [1.29, 1.82) is 0 Å². The van der Waals surface area contributed by atoms with Crippen LogP contribution in [0.1, 0.15) is 18.1 Å². The second-order valence-corrected chi connectivity index (χ2v) is 11.5. The third-order valence-electron chi connectivity index (χ3n) is 7.06. The molecular formula is C29H30N4O6S. The number of carbonyl (C=O) groups is 3. The van der Waals surface area contributed by atoms with Gasteiger partial charge in [0.25, 0.3) is 15.9 Å². The molecule has 0 aliphatic carbocycles. The molecule has 2 N–H and O–H groups in total. The Morgan fingerprint density at radius 2 is 1.48 bits per heavy atom. The van der Waals surface area contributed by atoms with Crippen LogP contribution in [0.2, 0.25) is 0 Å². The highest BCUT2D eigenvalue weighted by Gasteiger charge is 2.48. The number of methoxy groups -OCH3 is 1. The molecule has 3 aromatic carbocycles. The van der Waals surface area contributed by atoms with Gasteiger partial charge in [-0.1, -0.05) is 36.4 Å². The summed E-state index contributed by atoms with van der Waals surface area (Å²) in [7, 11) is -2.66. The van der Waals surface area contributed by atoms with Gasteiger partial charge in [0.15, 0.2) is 0 Å². The molecule has 0 aromatic heterocycles. The Labute approximate surface area is 233 Å². The van der Waals surface area contributed by atoms with Crippen LogP contribution in [-0.2, 0) is 42.0 Å². The first-order valence-electron chi connectivity index (χ1n) is 12.9. The average Bonchev–Trinajstić information content (AvgIpc) is 3.52. The lowest BCUT2D eigenvalue weighted by Gasteiger charge is -2.32. The largest absolute Gasteiger partial charge is 0.383 e. The molecule has 0 saturated heterocycles. The predicted molar refractivity (Wildman–Crippen MR) is 151 cm³/mol. The molecule has 5 rings (SSSR count). The molecule has 0 radical (unpaired) electrons. The normalized spacial score (nSPS) is 17.8. The van der Waals surface area contributed by atoms with Crippen LogP contribution in [0.5, 0.6) is 0 Å². The van der Waals surface area contributed by atoms with Gasteiger partial charge >= 0.3 is 0 Å². The van der Waals surface area contributed by atoms with Crippen LogP contribution in [0, 0.1) is 0 Å². The third kappa shape index (κ3) is 5.05. The van der Waals surface area contributed by atoms with Gasteiger partial charge in [0, 0.05) is 44.8 Å². The van der Waals surface area contributed by atoms with Crippen molar-refractivity contribution < 1.29 is 27.5 Å². The fourth-order valence-electron chi connectivity index (χ4n) is 5.29. The molecule has 11 heteroatoms. The molecule has 2 aliphatic heterocycles. The molecular weight excluding hydrogens is 532 g/mol. The number of nitrogens with one attached hydrogen (secondary N) is 2. The molecule has 0 bridgehead atoms. The number of ether oxygens (including phenoxy) is 1. The van der Waals surface area contributed by atoms with Crippen LogP contribution in [-0.4, -0.2) is 58.5 Å². The van der Waals surface area contributed by atoms with Gasteiger partial charge in [0.1, 0.15) is 12.1 Å². The number of hydrogen-bond acceptors (Lipinski definition) is 6. The minimum atomic E-state index is -4.20. The van der Waals surface area contributed by atoms with E-state index in [0.717, 1.165) is 5.56 Å². The summed E-state index contributed by atoms with van der Waals surface area (Å²) >= 11 is 0. The molecule has 3 aromatic rings. The van der Waals surface area contributed by atoms with Crippen molar-refractivity contribution in [1.82, 2.24) is 5.32 Å². The molecule has 0 fully saturated rings. The maximum absolute atomic E-state index is 14.4. The van der Waals surface area contributed by atoms with Crippen molar-refractivity contribution in [2.24, 2.45) is 0 Å².